The van der Waals surface area contributed by atoms with E-state index in [2.05, 4.69) is 15.6 Å². The van der Waals surface area contributed by atoms with Crippen LogP contribution in [-0.4, -0.2) is 17.6 Å². The number of nitrogens with zero attached hydrogens (tertiary/aromatic N) is 2. The number of amides is 2. The van der Waals surface area contributed by atoms with E-state index in [4.69, 9.17) is 9.68 Å². The van der Waals surface area contributed by atoms with E-state index in [1.54, 1.807) is 30.5 Å². The van der Waals surface area contributed by atoms with Gasteiger partial charge in [0.1, 0.15) is 6.26 Å². The van der Waals surface area contributed by atoms with Crippen molar-refractivity contribution in [2.45, 2.75) is 6.42 Å². The minimum absolute atomic E-state index is 0.332. The number of anilines is 1. The Balaban J connectivity index is 1.49. The second-order valence-electron chi connectivity index (χ2n) is 5.33. The maximum absolute atomic E-state index is 11.9. The normalized spacial score (nSPS) is 10.0. The standard InChI is InChI=1S/C19H16N4O2/c20-12-14-5-4-8-16(11-14)23-19(24)21-10-9-17-13-25-18(22-17)15-6-2-1-3-7-15/h1-8,11,13H,9-10H2,(H2,21,23,24). The van der Waals surface area contributed by atoms with Crippen molar-refractivity contribution >= 4 is 11.7 Å². The number of urea groups is 1. The lowest BCUT2D eigenvalue weighted by Gasteiger charge is -2.06. The Morgan fingerprint density at radius 1 is 1.16 bits per heavy atom. The molecule has 3 rings (SSSR count). The Hall–Kier alpha value is -3.59. The molecule has 0 saturated carbocycles. The summed E-state index contributed by atoms with van der Waals surface area (Å²) in [4.78, 5) is 16.3. The fourth-order valence-corrected chi connectivity index (χ4v) is 2.28. The van der Waals surface area contributed by atoms with Gasteiger partial charge in [0.25, 0.3) is 0 Å². The van der Waals surface area contributed by atoms with Crippen molar-refractivity contribution in [3.63, 3.8) is 0 Å². The molecule has 1 heterocycles. The van der Waals surface area contributed by atoms with Crippen molar-refractivity contribution in [3.05, 3.63) is 72.1 Å². The Kier molecular flexibility index (Phi) is 5.07. The summed E-state index contributed by atoms with van der Waals surface area (Å²) >= 11 is 0. The Labute approximate surface area is 145 Å². The van der Waals surface area contributed by atoms with E-state index in [9.17, 15) is 4.79 Å². The third-order valence-electron chi connectivity index (χ3n) is 3.49. The lowest BCUT2D eigenvalue weighted by Crippen LogP contribution is -2.30. The molecule has 6 nitrogen and oxygen atoms in total. The molecule has 0 fully saturated rings. The van der Waals surface area contributed by atoms with Crippen molar-refractivity contribution < 1.29 is 9.21 Å². The minimum Gasteiger partial charge on any atom is -0.444 e. The first kappa shape index (κ1) is 16.3. The van der Waals surface area contributed by atoms with Crippen LogP contribution < -0.4 is 10.6 Å². The smallest absolute Gasteiger partial charge is 0.319 e. The van der Waals surface area contributed by atoms with Crippen LogP contribution in [0.5, 0.6) is 0 Å². The maximum Gasteiger partial charge on any atom is 0.319 e. The van der Waals surface area contributed by atoms with Crippen molar-refractivity contribution in [2.24, 2.45) is 0 Å². The second-order valence-corrected chi connectivity index (χ2v) is 5.33. The second kappa shape index (κ2) is 7.79. The van der Waals surface area contributed by atoms with Gasteiger partial charge in [-0.15, -0.1) is 0 Å². The lowest BCUT2D eigenvalue weighted by atomic mass is 10.2. The van der Waals surface area contributed by atoms with Crippen LogP contribution in [0.4, 0.5) is 10.5 Å². The van der Waals surface area contributed by atoms with Gasteiger partial charge in [-0.05, 0) is 30.3 Å². The van der Waals surface area contributed by atoms with Crippen molar-refractivity contribution in [1.29, 1.82) is 5.26 Å². The molecule has 2 amide bonds. The fourth-order valence-electron chi connectivity index (χ4n) is 2.28. The topological polar surface area (TPSA) is 91.0 Å². The lowest BCUT2D eigenvalue weighted by molar-refractivity contribution is 0.252. The molecule has 2 aromatic carbocycles. The average molecular weight is 332 g/mol. The van der Waals surface area contributed by atoms with Crippen molar-refractivity contribution in [2.75, 3.05) is 11.9 Å². The van der Waals surface area contributed by atoms with Crippen LogP contribution in [0.1, 0.15) is 11.3 Å². The number of carbonyl (C=O) groups is 1. The first-order valence-electron chi connectivity index (χ1n) is 7.79. The molecule has 0 atom stereocenters. The van der Waals surface area contributed by atoms with Crippen LogP contribution in [0.25, 0.3) is 11.5 Å². The number of nitriles is 1. The number of aromatic nitrogens is 1. The van der Waals surface area contributed by atoms with Crippen molar-refractivity contribution in [1.82, 2.24) is 10.3 Å². The molecule has 0 radical (unpaired) electrons. The van der Waals surface area contributed by atoms with E-state index in [-0.39, 0.29) is 6.03 Å². The Bertz CT molecular complexity index is 897. The molecule has 124 valence electrons. The molecule has 0 spiro atoms. The zero-order valence-electron chi connectivity index (χ0n) is 13.4. The van der Waals surface area contributed by atoms with Gasteiger partial charge in [0.15, 0.2) is 0 Å². The van der Waals surface area contributed by atoms with E-state index in [1.807, 2.05) is 36.4 Å². The fraction of sp³-hybridized carbons (Fsp3) is 0.105. The highest BCUT2D eigenvalue weighted by Gasteiger charge is 2.07. The SMILES string of the molecule is N#Cc1cccc(NC(=O)NCCc2coc(-c3ccccc3)n2)c1. The molecule has 2 N–H and O–H groups in total. The van der Waals surface area contributed by atoms with Crippen LogP contribution in [0, 0.1) is 11.3 Å². The van der Waals surface area contributed by atoms with Gasteiger partial charge >= 0.3 is 6.03 Å². The number of hydrogen-bond acceptors (Lipinski definition) is 4. The van der Waals surface area contributed by atoms with Gasteiger partial charge in [0, 0.05) is 24.2 Å². The third-order valence-corrected chi connectivity index (χ3v) is 3.49. The monoisotopic (exact) mass is 332 g/mol. The summed E-state index contributed by atoms with van der Waals surface area (Å²) in [5, 5.41) is 14.3. The first-order chi connectivity index (χ1) is 12.2. The number of carbonyl (C=O) groups excluding carboxylic acids is 1. The van der Waals surface area contributed by atoms with E-state index in [1.165, 1.54) is 0 Å². The number of oxazole rings is 1. The molecule has 0 aliphatic rings. The summed E-state index contributed by atoms with van der Waals surface area (Å²) in [7, 11) is 0. The largest absolute Gasteiger partial charge is 0.444 e. The highest BCUT2D eigenvalue weighted by atomic mass is 16.3. The molecule has 0 bridgehead atoms. The zero-order chi connectivity index (χ0) is 17.5. The summed E-state index contributed by atoms with van der Waals surface area (Å²) in [5.41, 5.74) is 2.75. The van der Waals surface area contributed by atoms with Crippen LogP contribution in [0.2, 0.25) is 0 Å². The number of benzene rings is 2. The van der Waals surface area contributed by atoms with Gasteiger partial charge < -0.3 is 15.1 Å². The van der Waals surface area contributed by atoms with Crippen molar-refractivity contribution in [3.8, 4) is 17.5 Å². The first-order valence-corrected chi connectivity index (χ1v) is 7.79. The summed E-state index contributed by atoms with van der Waals surface area (Å²) < 4.78 is 5.46. The maximum atomic E-state index is 11.9. The Morgan fingerprint density at radius 3 is 2.80 bits per heavy atom. The van der Waals surface area contributed by atoms with E-state index >= 15 is 0 Å². The number of rotatable bonds is 5. The van der Waals surface area contributed by atoms with Gasteiger partial charge in [-0.25, -0.2) is 9.78 Å². The van der Waals surface area contributed by atoms with Gasteiger partial charge in [-0.3, -0.25) is 0 Å². The van der Waals surface area contributed by atoms with Crippen LogP contribution in [-0.2, 0) is 6.42 Å². The average Bonchev–Trinajstić information content (AvgIpc) is 3.11. The molecule has 0 saturated heterocycles. The summed E-state index contributed by atoms with van der Waals surface area (Å²) in [6, 6.07) is 18.1. The molecule has 6 heteroatoms. The van der Waals surface area contributed by atoms with Gasteiger partial charge in [-0.1, -0.05) is 24.3 Å². The summed E-state index contributed by atoms with van der Waals surface area (Å²) in [6.07, 6.45) is 2.15. The molecule has 3 aromatic rings. The molecule has 1 aromatic heterocycles. The quantitative estimate of drug-likeness (QED) is 0.747. The van der Waals surface area contributed by atoms with Crippen LogP contribution in [0.3, 0.4) is 0 Å². The molecular formula is C19H16N4O2. The van der Waals surface area contributed by atoms with Gasteiger partial charge in [0.05, 0.1) is 17.3 Å². The van der Waals surface area contributed by atoms with E-state index in [0.29, 0.717) is 30.1 Å². The highest BCUT2D eigenvalue weighted by Crippen LogP contribution is 2.17. The van der Waals surface area contributed by atoms with E-state index in [0.717, 1.165) is 11.3 Å². The van der Waals surface area contributed by atoms with Gasteiger partial charge in [0.2, 0.25) is 5.89 Å². The van der Waals surface area contributed by atoms with Crippen LogP contribution >= 0.6 is 0 Å². The predicted molar refractivity (Wildman–Crippen MR) is 93.8 cm³/mol. The highest BCUT2D eigenvalue weighted by molar-refractivity contribution is 5.89. The van der Waals surface area contributed by atoms with Crippen LogP contribution in [0.15, 0.2) is 65.3 Å². The van der Waals surface area contributed by atoms with Gasteiger partial charge in [-0.2, -0.15) is 5.26 Å². The predicted octanol–water partition coefficient (Wildman–Crippen LogP) is 3.58. The number of hydrogen-bond donors (Lipinski definition) is 2. The molecular weight excluding hydrogens is 316 g/mol. The Morgan fingerprint density at radius 2 is 2.00 bits per heavy atom. The minimum atomic E-state index is -0.332. The van der Waals surface area contributed by atoms with E-state index < -0.39 is 0 Å². The summed E-state index contributed by atoms with van der Waals surface area (Å²) in [6.45, 7) is 0.421. The number of nitrogens with one attached hydrogen (secondary N) is 2. The molecule has 0 unspecified atom stereocenters. The molecule has 25 heavy (non-hydrogen) atoms. The third kappa shape index (κ3) is 4.45. The molecule has 0 aliphatic heterocycles. The molecule has 0 aliphatic carbocycles. The summed E-state index contributed by atoms with van der Waals surface area (Å²) in [5.74, 6) is 0.563. The zero-order valence-corrected chi connectivity index (χ0v) is 13.4.